The van der Waals surface area contributed by atoms with Crippen molar-refractivity contribution in [3.8, 4) is 11.1 Å². The fourth-order valence-electron chi connectivity index (χ4n) is 5.55. The average molecular weight is 379 g/mol. The Hall–Kier alpha value is -3.00. The molecular formula is C27H26N2. The fourth-order valence-corrected chi connectivity index (χ4v) is 5.55. The first-order valence-corrected chi connectivity index (χ1v) is 10.5. The van der Waals surface area contributed by atoms with Crippen LogP contribution in [0, 0.1) is 5.41 Å². The third kappa shape index (κ3) is 1.92. The highest BCUT2D eigenvalue weighted by atomic mass is 15.4. The van der Waals surface area contributed by atoms with Crippen LogP contribution in [0.4, 0.5) is 5.69 Å². The maximum atomic E-state index is 3.94. The Morgan fingerprint density at radius 3 is 2.21 bits per heavy atom. The summed E-state index contributed by atoms with van der Waals surface area (Å²) in [7, 11) is 0. The molecule has 1 N–H and O–H groups in total. The highest BCUT2D eigenvalue weighted by Crippen LogP contribution is 2.64. The number of allylic oxidation sites excluding steroid dienone is 1. The number of hydrogen-bond donors (Lipinski definition) is 1. The molecule has 0 bridgehead atoms. The normalized spacial score (nSPS) is 22.1. The molecule has 0 saturated heterocycles. The second-order valence-corrected chi connectivity index (χ2v) is 9.55. The number of fused-ring (bicyclic) bond motifs is 3. The van der Waals surface area contributed by atoms with Gasteiger partial charge in [0.1, 0.15) is 6.17 Å². The van der Waals surface area contributed by atoms with Crippen LogP contribution in [0.2, 0.25) is 0 Å². The lowest BCUT2D eigenvalue weighted by Gasteiger charge is -2.54. The molecule has 0 amide bonds. The Balaban J connectivity index is 1.76. The van der Waals surface area contributed by atoms with E-state index >= 15 is 0 Å². The van der Waals surface area contributed by atoms with Crippen LogP contribution in [0.5, 0.6) is 0 Å². The van der Waals surface area contributed by atoms with E-state index in [2.05, 4.69) is 111 Å². The molecule has 0 saturated carbocycles. The van der Waals surface area contributed by atoms with Gasteiger partial charge in [-0.2, -0.15) is 0 Å². The monoisotopic (exact) mass is 378 g/mol. The van der Waals surface area contributed by atoms with Gasteiger partial charge >= 0.3 is 0 Å². The highest BCUT2D eigenvalue weighted by Gasteiger charge is 2.56. The lowest BCUT2D eigenvalue weighted by atomic mass is 9.58. The molecule has 2 nitrogen and oxygen atoms in total. The van der Waals surface area contributed by atoms with Gasteiger partial charge in [-0.1, -0.05) is 100 Å². The number of anilines is 1. The molecular weight excluding hydrogens is 352 g/mol. The summed E-state index contributed by atoms with van der Waals surface area (Å²) in [4.78, 5) is 2.60. The zero-order chi connectivity index (χ0) is 20.0. The second kappa shape index (κ2) is 5.33. The Morgan fingerprint density at radius 2 is 1.41 bits per heavy atom. The zero-order valence-corrected chi connectivity index (χ0v) is 17.5. The molecule has 3 aliphatic rings. The molecule has 6 rings (SSSR count). The minimum absolute atomic E-state index is 0.00700. The Morgan fingerprint density at radius 1 is 0.724 bits per heavy atom. The third-order valence-electron chi connectivity index (χ3n) is 7.73. The van der Waals surface area contributed by atoms with Gasteiger partial charge in [0.15, 0.2) is 0 Å². The molecule has 3 aliphatic heterocycles. The van der Waals surface area contributed by atoms with Gasteiger partial charge in [0.05, 0.1) is 17.1 Å². The molecule has 3 heterocycles. The van der Waals surface area contributed by atoms with Crippen LogP contribution in [-0.4, -0.2) is 0 Å². The molecule has 3 aromatic carbocycles. The lowest BCUT2D eigenvalue weighted by molar-refractivity contribution is 0.233. The zero-order valence-electron chi connectivity index (χ0n) is 17.5. The summed E-state index contributed by atoms with van der Waals surface area (Å²) in [6.07, 6.45) is 0.139. The van der Waals surface area contributed by atoms with E-state index in [0.29, 0.717) is 0 Å². The first-order chi connectivity index (χ1) is 13.9. The SMILES string of the molecule is CC1(C)C2=C(c3ccccc3)NC3c4ccccc4-c4cccc(c4N23)C1(C)C. The Kier molecular flexibility index (Phi) is 3.11. The molecule has 1 unspecified atom stereocenters. The molecule has 0 aliphatic carbocycles. The average Bonchev–Trinajstić information content (AvgIpc) is 3.15. The quantitative estimate of drug-likeness (QED) is 0.522. The van der Waals surface area contributed by atoms with Crippen LogP contribution in [0.15, 0.2) is 78.5 Å². The van der Waals surface area contributed by atoms with E-state index in [0.717, 1.165) is 0 Å². The van der Waals surface area contributed by atoms with Crippen molar-refractivity contribution in [2.45, 2.75) is 39.3 Å². The van der Waals surface area contributed by atoms with Crippen LogP contribution < -0.4 is 10.2 Å². The summed E-state index contributed by atoms with van der Waals surface area (Å²) >= 11 is 0. The molecule has 3 aromatic rings. The van der Waals surface area contributed by atoms with Crippen molar-refractivity contribution in [3.63, 3.8) is 0 Å². The van der Waals surface area contributed by atoms with Crippen LogP contribution in [0.25, 0.3) is 16.8 Å². The number of nitrogens with one attached hydrogen (secondary N) is 1. The molecule has 0 fully saturated rings. The summed E-state index contributed by atoms with van der Waals surface area (Å²) in [5.74, 6) is 0. The lowest BCUT2D eigenvalue weighted by Crippen LogP contribution is -2.49. The minimum atomic E-state index is -0.0299. The van der Waals surface area contributed by atoms with Gasteiger partial charge in [-0.25, -0.2) is 0 Å². The van der Waals surface area contributed by atoms with Crippen molar-refractivity contribution in [1.29, 1.82) is 0 Å². The van der Waals surface area contributed by atoms with Gasteiger partial charge in [-0.3, -0.25) is 0 Å². The van der Waals surface area contributed by atoms with Crippen LogP contribution in [0.1, 0.15) is 50.6 Å². The van der Waals surface area contributed by atoms with Crippen molar-refractivity contribution >= 4 is 11.4 Å². The van der Waals surface area contributed by atoms with Gasteiger partial charge < -0.3 is 10.2 Å². The van der Waals surface area contributed by atoms with Crippen molar-refractivity contribution in [1.82, 2.24) is 5.32 Å². The molecule has 2 heteroatoms. The molecule has 1 atom stereocenters. The number of hydrogen-bond acceptors (Lipinski definition) is 2. The van der Waals surface area contributed by atoms with Crippen molar-refractivity contribution < 1.29 is 0 Å². The van der Waals surface area contributed by atoms with Crippen molar-refractivity contribution in [2.24, 2.45) is 5.41 Å². The predicted molar refractivity (Wildman–Crippen MR) is 120 cm³/mol. The van der Waals surface area contributed by atoms with Crippen LogP contribution in [0.3, 0.4) is 0 Å². The maximum Gasteiger partial charge on any atom is 0.130 e. The minimum Gasteiger partial charge on any atom is -0.359 e. The van der Waals surface area contributed by atoms with E-state index in [1.807, 2.05) is 0 Å². The number of para-hydroxylation sites is 1. The standard InChI is InChI=1S/C27H26N2/c1-26(2)21-16-10-15-19-18-13-8-9-14-20(18)25-28-22(17-11-6-5-7-12-17)24(27(26,3)4)29(25)23(19)21/h5-16,25,28H,1-4H3. The fraction of sp³-hybridized carbons (Fsp3) is 0.259. The number of nitrogens with zero attached hydrogens (tertiary/aromatic N) is 1. The smallest absolute Gasteiger partial charge is 0.130 e. The summed E-state index contributed by atoms with van der Waals surface area (Å²) in [5.41, 5.74) is 10.8. The topological polar surface area (TPSA) is 15.3 Å². The first-order valence-electron chi connectivity index (χ1n) is 10.5. The van der Waals surface area contributed by atoms with E-state index in [4.69, 9.17) is 0 Å². The van der Waals surface area contributed by atoms with E-state index in [1.165, 1.54) is 44.9 Å². The molecule has 0 spiro atoms. The van der Waals surface area contributed by atoms with Gasteiger partial charge in [0.25, 0.3) is 0 Å². The van der Waals surface area contributed by atoms with Gasteiger partial charge in [-0.15, -0.1) is 0 Å². The van der Waals surface area contributed by atoms with Gasteiger partial charge in [-0.05, 0) is 16.7 Å². The predicted octanol–water partition coefficient (Wildman–Crippen LogP) is 6.46. The maximum absolute atomic E-state index is 3.94. The largest absolute Gasteiger partial charge is 0.359 e. The molecule has 0 radical (unpaired) electrons. The molecule has 0 aromatic heterocycles. The Bertz CT molecular complexity index is 1180. The van der Waals surface area contributed by atoms with Gasteiger partial charge in [0, 0.05) is 22.0 Å². The van der Waals surface area contributed by atoms with Crippen LogP contribution >= 0.6 is 0 Å². The molecule has 29 heavy (non-hydrogen) atoms. The highest BCUT2D eigenvalue weighted by molar-refractivity contribution is 5.94. The van der Waals surface area contributed by atoms with E-state index < -0.39 is 0 Å². The van der Waals surface area contributed by atoms with E-state index in [-0.39, 0.29) is 17.0 Å². The number of rotatable bonds is 1. The molecule has 144 valence electrons. The first kappa shape index (κ1) is 16.9. The summed E-state index contributed by atoms with van der Waals surface area (Å²) in [6, 6.07) is 26.6. The van der Waals surface area contributed by atoms with Crippen LogP contribution in [-0.2, 0) is 5.41 Å². The van der Waals surface area contributed by atoms with Gasteiger partial charge in [0.2, 0.25) is 0 Å². The van der Waals surface area contributed by atoms with Crippen molar-refractivity contribution in [3.05, 3.63) is 95.2 Å². The summed E-state index contributed by atoms with van der Waals surface area (Å²) in [6.45, 7) is 9.63. The van der Waals surface area contributed by atoms with E-state index in [1.54, 1.807) is 0 Å². The third-order valence-corrected chi connectivity index (χ3v) is 7.73. The summed E-state index contributed by atoms with van der Waals surface area (Å²) < 4.78 is 0. The Labute approximate surface area is 172 Å². The second-order valence-electron chi connectivity index (χ2n) is 9.55. The summed E-state index contributed by atoms with van der Waals surface area (Å²) in [5, 5.41) is 3.94. The number of benzene rings is 3. The van der Waals surface area contributed by atoms with Crippen molar-refractivity contribution in [2.75, 3.05) is 4.90 Å². The van der Waals surface area contributed by atoms with E-state index in [9.17, 15) is 0 Å².